The fourth-order valence-corrected chi connectivity index (χ4v) is 6.03. The maximum atomic E-state index is 12.8. The molecule has 0 saturated heterocycles. The van der Waals surface area contributed by atoms with Crippen molar-refractivity contribution >= 4 is 29.0 Å². The topological polar surface area (TPSA) is 49.3 Å². The molecule has 1 aliphatic carbocycles. The minimum atomic E-state index is -0.0558. The van der Waals surface area contributed by atoms with Crippen LogP contribution in [-0.2, 0) is 11.2 Å². The number of hydrogen-bond acceptors (Lipinski definition) is 4. The van der Waals surface area contributed by atoms with E-state index >= 15 is 0 Å². The van der Waals surface area contributed by atoms with E-state index in [1.165, 1.54) is 42.5 Å². The summed E-state index contributed by atoms with van der Waals surface area (Å²) in [5, 5.41) is 14.7. The van der Waals surface area contributed by atoms with Crippen LogP contribution in [0.5, 0.6) is 0 Å². The minimum Gasteiger partial charge on any atom is -0.396 e. The molecule has 1 aliphatic heterocycles. The monoisotopic (exact) mass is 339 g/mol. The zero-order valence-corrected chi connectivity index (χ0v) is 14.6. The summed E-state index contributed by atoms with van der Waals surface area (Å²) < 4.78 is 0. The second-order valence-corrected chi connectivity index (χ2v) is 8.54. The summed E-state index contributed by atoms with van der Waals surface area (Å²) in [5.41, 5.74) is 1.21. The lowest BCUT2D eigenvalue weighted by Crippen LogP contribution is -2.43. The number of carbonyl (C=O) groups is 1. The Morgan fingerprint density at radius 2 is 2.18 bits per heavy atom. The number of fused-ring (bicyclic) bond motifs is 1. The number of thiophene rings is 1. The first-order valence-corrected chi connectivity index (χ1v) is 10.3. The predicted molar refractivity (Wildman–Crippen MR) is 93.4 cm³/mol. The van der Waals surface area contributed by atoms with Crippen LogP contribution < -0.4 is 5.32 Å². The van der Waals surface area contributed by atoms with Crippen LogP contribution in [0.4, 0.5) is 0 Å². The number of amides is 1. The van der Waals surface area contributed by atoms with Crippen LogP contribution in [0.3, 0.4) is 0 Å². The molecular weight excluding hydrogens is 314 g/mol. The maximum absolute atomic E-state index is 12.8. The summed E-state index contributed by atoms with van der Waals surface area (Å²) >= 11 is 3.53. The predicted octanol–water partition coefficient (Wildman–Crippen LogP) is 3.53. The van der Waals surface area contributed by atoms with Crippen LogP contribution in [0.15, 0.2) is 11.4 Å². The van der Waals surface area contributed by atoms with E-state index in [4.69, 9.17) is 0 Å². The summed E-state index contributed by atoms with van der Waals surface area (Å²) in [5.74, 6) is 1.72. The van der Waals surface area contributed by atoms with Gasteiger partial charge < -0.3 is 10.4 Å². The molecule has 1 aromatic heterocycles. The zero-order valence-electron chi connectivity index (χ0n) is 12.9. The smallest absolute Gasteiger partial charge is 0.237 e. The first kappa shape index (κ1) is 16.3. The van der Waals surface area contributed by atoms with E-state index < -0.39 is 0 Å². The molecule has 1 amide bonds. The van der Waals surface area contributed by atoms with Crippen LogP contribution in [-0.4, -0.2) is 29.4 Å². The van der Waals surface area contributed by atoms with Crippen molar-refractivity contribution in [3.8, 4) is 0 Å². The first-order chi connectivity index (χ1) is 10.8. The molecule has 0 radical (unpaired) electrons. The highest BCUT2D eigenvalue weighted by atomic mass is 32.2. The maximum Gasteiger partial charge on any atom is 0.237 e. The van der Waals surface area contributed by atoms with E-state index in [9.17, 15) is 9.90 Å². The van der Waals surface area contributed by atoms with E-state index in [1.54, 1.807) is 23.1 Å². The van der Waals surface area contributed by atoms with Gasteiger partial charge >= 0.3 is 0 Å². The number of aliphatic hydroxyl groups excluding tert-OH is 1. The van der Waals surface area contributed by atoms with Gasteiger partial charge in [0.25, 0.3) is 0 Å². The van der Waals surface area contributed by atoms with Crippen molar-refractivity contribution in [2.75, 3.05) is 12.4 Å². The van der Waals surface area contributed by atoms with E-state index in [1.807, 2.05) is 0 Å². The summed E-state index contributed by atoms with van der Waals surface area (Å²) in [7, 11) is 0. The first-order valence-electron chi connectivity index (χ1n) is 8.38. The molecule has 0 spiro atoms. The van der Waals surface area contributed by atoms with Crippen LogP contribution >= 0.6 is 23.1 Å². The molecule has 2 unspecified atom stereocenters. The van der Waals surface area contributed by atoms with Gasteiger partial charge in [-0.05, 0) is 54.4 Å². The average Bonchev–Trinajstić information content (AvgIpc) is 3.03. The Balaban J connectivity index is 1.66. The molecule has 3 rings (SSSR count). The van der Waals surface area contributed by atoms with E-state index in [0.29, 0.717) is 12.3 Å². The van der Waals surface area contributed by atoms with Gasteiger partial charge in [-0.2, -0.15) is 0 Å². The number of carbonyl (C=O) groups excluding carboxylic acids is 1. The third kappa shape index (κ3) is 3.69. The third-order valence-corrected chi connectivity index (χ3v) is 7.14. The lowest BCUT2D eigenvalue weighted by atomic mass is 9.82. The SMILES string of the molecule is O=C(NC(CCO)C1CCCCC1)C1SCCc2sccc21. The van der Waals surface area contributed by atoms with Gasteiger partial charge in [0.1, 0.15) is 5.25 Å². The highest BCUT2D eigenvalue weighted by Gasteiger charge is 2.31. The van der Waals surface area contributed by atoms with Gasteiger partial charge in [-0.15, -0.1) is 23.1 Å². The molecule has 5 heteroatoms. The van der Waals surface area contributed by atoms with Crippen molar-refractivity contribution in [2.45, 2.75) is 56.2 Å². The van der Waals surface area contributed by atoms with E-state index in [0.717, 1.165) is 12.2 Å². The standard InChI is InChI=1S/C17H25NO2S2/c19-9-6-14(12-4-2-1-3-5-12)18-17(20)16-13-7-10-21-15(13)8-11-22-16/h7,10,12,14,16,19H,1-6,8-9,11H2,(H,18,20). The fraction of sp³-hybridized carbons (Fsp3) is 0.706. The van der Waals surface area contributed by atoms with Gasteiger partial charge in [0, 0.05) is 17.5 Å². The van der Waals surface area contributed by atoms with Crippen molar-refractivity contribution in [3.05, 3.63) is 21.9 Å². The van der Waals surface area contributed by atoms with E-state index in [2.05, 4.69) is 16.8 Å². The Bertz CT molecular complexity index is 497. The van der Waals surface area contributed by atoms with Crippen molar-refractivity contribution in [1.29, 1.82) is 0 Å². The number of hydrogen-bond donors (Lipinski definition) is 2. The average molecular weight is 340 g/mol. The molecule has 122 valence electrons. The lowest BCUT2D eigenvalue weighted by molar-refractivity contribution is -0.122. The molecule has 2 aliphatic rings. The van der Waals surface area contributed by atoms with Crippen LogP contribution in [0.2, 0.25) is 0 Å². The summed E-state index contributed by atoms with van der Waals surface area (Å²) in [6, 6.07) is 2.25. The van der Waals surface area contributed by atoms with Crippen molar-refractivity contribution in [1.82, 2.24) is 5.32 Å². The number of nitrogens with one attached hydrogen (secondary N) is 1. The second-order valence-electron chi connectivity index (χ2n) is 6.33. The van der Waals surface area contributed by atoms with Gasteiger partial charge in [-0.1, -0.05) is 19.3 Å². The molecule has 2 atom stereocenters. The van der Waals surface area contributed by atoms with Crippen LogP contribution in [0.25, 0.3) is 0 Å². The minimum absolute atomic E-state index is 0.0558. The van der Waals surface area contributed by atoms with Crippen molar-refractivity contribution in [2.24, 2.45) is 5.92 Å². The highest BCUT2D eigenvalue weighted by molar-refractivity contribution is 8.00. The summed E-state index contributed by atoms with van der Waals surface area (Å²) in [6.07, 6.45) is 7.98. The van der Waals surface area contributed by atoms with Gasteiger partial charge in [0.05, 0.1) is 0 Å². The number of aliphatic hydroxyl groups is 1. The molecule has 1 saturated carbocycles. The molecule has 0 aromatic carbocycles. The molecule has 1 fully saturated rings. The third-order valence-electron chi connectivity index (χ3n) is 4.90. The number of thioether (sulfide) groups is 1. The van der Waals surface area contributed by atoms with Gasteiger partial charge in [0.15, 0.2) is 0 Å². The van der Waals surface area contributed by atoms with E-state index in [-0.39, 0.29) is 23.8 Å². The summed E-state index contributed by atoms with van der Waals surface area (Å²) in [4.78, 5) is 14.1. The Hall–Kier alpha value is -0.520. The van der Waals surface area contributed by atoms with Crippen molar-refractivity contribution < 1.29 is 9.90 Å². The molecule has 2 heterocycles. The normalized spacial score (nSPS) is 23.8. The van der Waals surface area contributed by atoms with Crippen LogP contribution in [0.1, 0.15) is 54.2 Å². The zero-order chi connectivity index (χ0) is 15.4. The van der Waals surface area contributed by atoms with Gasteiger partial charge in [0.2, 0.25) is 5.91 Å². The van der Waals surface area contributed by atoms with Crippen LogP contribution in [0, 0.1) is 5.92 Å². The van der Waals surface area contributed by atoms with Gasteiger partial charge in [-0.3, -0.25) is 4.79 Å². The van der Waals surface area contributed by atoms with Crippen molar-refractivity contribution in [3.63, 3.8) is 0 Å². The lowest BCUT2D eigenvalue weighted by Gasteiger charge is -2.32. The Kier molecular flexibility index (Phi) is 5.83. The van der Waals surface area contributed by atoms with Gasteiger partial charge in [-0.25, -0.2) is 0 Å². The quantitative estimate of drug-likeness (QED) is 0.863. The highest BCUT2D eigenvalue weighted by Crippen LogP contribution is 2.39. The molecular formula is C17H25NO2S2. The molecule has 3 nitrogen and oxygen atoms in total. The fourth-order valence-electron chi connectivity index (χ4n) is 3.72. The molecule has 2 N–H and O–H groups in total. The molecule has 22 heavy (non-hydrogen) atoms. The number of rotatable bonds is 5. The molecule has 1 aromatic rings. The summed E-state index contributed by atoms with van der Waals surface area (Å²) in [6.45, 7) is 0.156. The number of aryl methyl sites for hydroxylation is 1. The Morgan fingerprint density at radius 1 is 1.36 bits per heavy atom. The second kappa shape index (κ2) is 7.84. The molecule has 0 bridgehead atoms. The Morgan fingerprint density at radius 3 is 2.95 bits per heavy atom. The largest absolute Gasteiger partial charge is 0.396 e. The Labute approximate surface area is 140 Å².